The molecule has 2 aliphatic heterocycles. The van der Waals surface area contributed by atoms with Crippen molar-refractivity contribution in [3.63, 3.8) is 0 Å². The molecule has 5 rings (SSSR count). The Kier molecular flexibility index (Phi) is 5.92. The Labute approximate surface area is 191 Å². The second-order valence-electron chi connectivity index (χ2n) is 8.01. The Bertz CT molecular complexity index is 1080. The molecule has 3 heterocycles. The fourth-order valence-electron chi connectivity index (χ4n) is 4.35. The second-order valence-corrected chi connectivity index (χ2v) is 8.96. The Morgan fingerprint density at radius 1 is 0.906 bits per heavy atom. The highest BCUT2D eigenvalue weighted by molar-refractivity contribution is 7.12. The third-order valence-electron chi connectivity index (χ3n) is 6.04. The Morgan fingerprint density at radius 3 is 2.41 bits per heavy atom. The van der Waals surface area contributed by atoms with Crippen LogP contribution in [0.25, 0.3) is 0 Å². The molecule has 3 aromatic rings. The average Bonchev–Trinajstić information content (AvgIpc) is 3.39. The third kappa shape index (κ3) is 4.13. The van der Waals surface area contributed by atoms with E-state index in [0.29, 0.717) is 39.3 Å². The predicted molar refractivity (Wildman–Crippen MR) is 125 cm³/mol. The fourth-order valence-corrected chi connectivity index (χ4v) is 5.04. The zero-order valence-corrected chi connectivity index (χ0v) is 18.5. The Morgan fingerprint density at radius 2 is 1.66 bits per heavy atom. The van der Waals surface area contributed by atoms with Crippen molar-refractivity contribution in [3.8, 4) is 5.75 Å². The summed E-state index contributed by atoms with van der Waals surface area (Å²) in [6.45, 7) is 3.38. The molecular formula is C25H25N3O3S. The maximum Gasteiger partial charge on any atom is 0.264 e. The van der Waals surface area contributed by atoms with Gasteiger partial charge in [-0.2, -0.15) is 0 Å². The fraction of sp³-hybridized carbons (Fsp3) is 0.280. The van der Waals surface area contributed by atoms with Crippen LogP contribution in [-0.4, -0.2) is 60.9 Å². The summed E-state index contributed by atoms with van der Waals surface area (Å²) in [5.74, 6) is 0.865. The SMILES string of the molecule is O=C(c1cccs1)N1CCN(CC(=O)N2c3ccccc3OC[C@@H]2c2ccccc2)CC1. The lowest BCUT2D eigenvalue weighted by Crippen LogP contribution is -2.52. The van der Waals surface area contributed by atoms with Crippen molar-refractivity contribution in [1.29, 1.82) is 0 Å². The van der Waals surface area contributed by atoms with Gasteiger partial charge >= 0.3 is 0 Å². The van der Waals surface area contributed by atoms with Gasteiger partial charge in [-0.3, -0.25) is 19.4 Å². The van der Waals surface area contributed by atoms with Crippen molar-refractivity contribution in [3.05, 3.63) is 82.6 Å². The molecule has 2 aromatic carbocycles. The number of hydrogen-bond acceptors (Lipinski definition) is 5. The average molecular weight is 448 g/mol. The van der Waals surface area contributed by atoms with Crippen LogP contribution in [-0.2, 0) is 4.79 Å². The molecule has 2 amide bonds. The van der Waals surface area contributed by atoms with E-state index in [1.165, 1.54) is 11.3 Å². The van der Waals surface area contributed by atoms with Gasteiger partial charge in [0.1, 0.15) is 12.4 Å². The number of fused-ring (bicyclic) bond motifs is 1. The molecule has 0 unspecified atom stereocenters. The topological polar surface area (TPSA) is 53.1 Å². The zero-order valence-electron chi connectivity index (χ0n) is 17.7. The van der Waals surface area contributed by atoms with Crippen LogP contribution < -0.4 is 9.64 Å². The number of benzene rings is 2. The number of ether oxygens (including phenoxy) is 1. The first-order valence-corrected chi connectivity index (χ1v) is 11.7. The molecule has 0 saturated carbocycles. The number of amides is 2. The number of carbonyl (C=O) groups is 2. The van der Waals surface area contributed by atoms with Gasteiger partial charge in [-0.25, -0.2) is 0 Å². The van der Waals surface area contributed by atoms with Gasteiger partial charge < -0.3 is 9.64 Å². The Balaban J connectivity index is 1.30. The summed E-state index contributed by atoms with van der Waals surface area (Å²) in [5.41, 5.74) is 1.87. The molecule has 1 atom stereocenters. The van der Waals surface area contributed by atoms with Crippen molar-refractivity contribution in [2.24, 2.45) is 0 Å². The van der Waals surface area contributed by atoms with Gasteiger partial charge in [0.15, 0.2) is 0 Å². The minimum absolute atomic E-state index is 0.0487. The van der Waals surface area contributed by atoms with Crippen LogP contribution in [0.4, 0.5) is 5.69 Å². The number of anilines is 1. The summed E-state index contributed by atoms with van der Waals surface area (Å²) in [4.78, 5) is 32.8. The number of piperazine rings is 1. The molecule has 0 spiro atoms. The second kappa shape index (κ2) is 9.14. The van der Waals surface area contributed by atoms with E-state index in [1.807, 2.05) is 81.9 Å². The van der Waals surface area contributed by atoms with E-state index in [-0.39, 0.29) is 17.9 Å². The molecule has 1 fully saturated rings. The van der Waals surface area contributed by atoms with Crippen LogP contribution in [0, 0.1) is 0 Å². The molecule has 6 nitrogen and oxygen atoms in total. The van der Waals surface area contributed by atoms with E-state index >= 15 is 0 Å². The number of hydrogen-bond donors (Lipinski definition) is 0. The molecule has 0 aliphatic carbocycles. The molecule has 32 heavy (non-hydrogen) atoms. The molecule has 1 aromatic heterocycles. The number of carbonyl (C=O) groups excluding carboxylic acids is 2. The monoisotopic (exact) mass is 447 g/mol. The summed E-state index contributed by atoms with van der Waals surface area (Å²) in [7, 11) is 0. The quantitative estimate of drug-likeness (QED) is 0.612. The molecule has 164 valence electrons. The molecule has 1 saturated heterocycles. The lowest BCUT2D eigenvalue weighted by molar-refractivity contribution is -0.121. The minimum Gasteiger partial charge on any atom is -0.489 e. The van der Waals surface area contributed by atoms with Crippen LogP contribution in [0.1, 0.15) is 21.3 Å². The van der Waals surface area contributed by atoms with Gasteiger partial charge in [0.05, 0.1) is 23.2 Å². The van der Waals surface area contributed by atoms with Crippen LogP contribution in [0.3, 0.4) is 0 Å². The molecule has 7 heteroatoms. The van der Waals surface area contributed by atoms with E-state index in [4.69, 9.17) is 4.74 Å². The highest BCUT2D eigenvalue weighted by Gasteiger charge is 2.34. The van der Waals surface area contributed by atoms with Gasteiger partial charge in [0.25, 0.3) is 5.91 Å². The van der Waals surface area contributed by atoms with Gasteiger partial charge in [-0.15, -0.1) is 11.3 Å². The first-order chi connectivity index (χ1) is 15.7. The van der Waals surface area contributed by atoms with Crippen LogP contribution >= 0.6 is 11.3 Å². The maximum atomic E-state index is 13.6. The number of thiophene rings is 1. The van der Waals surface area contributed by atoms with Crippen LogP contribution in [0.5, 0.6) is 5.75 Å². The number of nitrogens with zero attached hydrogens (tertiary/aromatic N) is 3. The first kappa shape index (κ1) is 20.7. The summed E-state index contributed by atoms with van der Waals surface area (Å²) >= 11 is 1.47. The van der Waals surface area contributed by atoms with Crippen molar-refractivity contribution in [2.45, 2.75) is 6.04 Å². The highest BCUT2D eigenvalue weighted by atomic mass is 32.1. The van der Waals surface area contributed by atoms with Crippen molar-refractivity contribution in [2.75, 3.05) is 44.2 Å². The maximum absolute atomic E-state index is 13.6. The summed E-state index contributed by atoms with van der Waals surface area (Å²) in [5, 5.41) is 1.92. The summed E-state index contributed by atoms with van der Waals surface area (Å²) in [6.07, 6.45) is 0. The van der Waals surface area contributed by atoms with E-state index in [9.17, 15) is 9.59 Å². The van der Waals surface area contributed by atoms with Crippen molar-refractivity contribution in [1.82, 2.24) is 9.80 Å². The first-order valence-electron chi connectivity index (χ1n) is 10.8. The van der Waals surface area contributed by atoms with Crippen molar-refractivity contribution >= 4 is 28.8 Å². The van der Waals surface area contributed by atoms with E-state index in [2.05, 4.69) is 4.90 Å². The van der Waals surface area contributed by atoms with Crippen LogP contribution in [0.2, 0.25) is 0 Å². The standard InChI is InChI=1S/C25H25N3O3S/c29-24(17-26-12-14-27(15-13-26)25(30)23-11-6-16-32-23)28-20-9-4-5-10-22(20)31-18-21(28)19-7-2-1-3-8-19/h1-11,16,21H,12-15,17-18H2/t21-/m1/s1. The van der Waals surface area contributed by atoms with E-state index in [1.54, 1.807) is 0 Å². The third-order valence-corrected chi connectivity index (χ3v) is 6.89. The van der Waals surface area contributed by atoms with Crippen molar-refractivity contribution < 1.29 is 14.3 Å². The van der Waals surface area contributed by atoms with E-state index in [0.717, 1.165) is 21.9 Å². The van der Waals surface area contributed by atoms with Gasteiger partial charge in [0.2, 0.25) is 5.91 Å². The molecule has 2 aliphatic rings. The summed E-state index contributed by atoms with van der Waals surface area (Å²) < 4.78 is 5.99. The van der Waals surface area contributed by atoms with Gasteiger partial charge in [0, 0.05) is 26.2 Å². The van der Waals surface area contributed by atoms with Gasteiger partial charge in [-0.05, 0) is 29.1 Å². The lowest BCUT2D eigenvalue weighted by atomic mass is 10.0. The van der Waals surface area contributed by atoms with E-state index < -0.39 is 0 Å². The lowest BCUT2D eigenvalue weighted by Gasteiger charge is -2.39. The highest BCUT2D eigenvalue weighted by Crippen LogP contribution is 2.39. The summed E-state index contributed by atoms with van der Waals surface area (Å²) in [6, 6.07) is 21.3. The molecule has 0 N–H and O–H groups in total. The van der Waals surface area contributed by atoms with Crippen LogP contribution in [0.15, 0.2) is 72.1 Å². The largest absolute Gasteiger partial charge is 0.489 e. The normalized spacial score (nSPS) is 18.7. The molecule has 0 radical (unpaired) electrons. The number of rotatable bonds is 4. The molecule has 0 bridgehead atoms. The zero-order chi connectivity index (χ0) is 21.9. The smallest absolute Gasteiger partial charge is 0.264 e. The minimum atomic E-state index is -0.166. The number of para-hydroxylation sites is 2. The Hall–Kier alpha value is -3.16. The molecular weight excluding hydrogens is 422 g/mol. The van der Waals surface area contributed by atoms with Gasteiger partial charge in [-0.1, -0.05) is 48.5 Å². The predicted octanol–water partition coefficient (Wildman–Crippen LogP) is 3.67.